The highest BCUT2D eigenvalue weighted by Crippen LogP contribution is 2.10. The molecule has 2 amide bonds. The second-order valence-corrected chi connectivity index (χ2v) is 5.10. The summed E-state index contributed by atoms with van der Waals surface area (Å²) in [6.45, 7) is 12.4. The first-order chi connectivity index (χ1) is 8.81. The minimum Gasteiger partial charge on any atom is -0.481 e. The SMILES string of the molecule is C=CCN(C(=O)N(CCCC(=O)O)C(C)C)C(C)C. The zero-order chi connectivity index (χ0) is 15.0. The molecule has 0 aliphatic rings. The highest BCUT2D eigenvalue weighted by atomic mass is 16.4. The standard InChI is InChI=1S/C14H26N2O3/c1-6-9-15(11(2)3)14(19)16(12(4)5)10-7-8-13(17)18/h6,11-12H,1,7-10H2,2-5H3,(H,17,18). The van der Waals surface area contributed by atoms with Gasteiger partial charge in [0, 0.05) is 31.6 Å². The van der Waals surface area contributed by atoms with Crippen LogP contribution in [0.15, 0.2) is 12.7 Å². The van der Waals surface area contributed by atoms with Gasteiger partial charge in [-0.1, -0.05) is 6.08 Å². The summed E-state index contributed by atoms with van der Waals surface area (Å²) in [4.78, 5) is 26.4. The number of amides is 2. The van der Waals surface area contributed by atoms with Crippen molar-refractivity contribution in [3.8, 4) is 0 Å². The molecular formula is C14H26N2O3. The van der Waals surface area contributed by atoms with Gasteiger partial charge in [0.15, 0.2) is 0 Å². The van der Waals surface area contributed by atoms with Crippen molar-refractivity contribution < 1.29 is 14.7 Å². The summed E-state index contributed by atoms with van der Waals surface area (Å²) >= 11 is 0. The predicted octanol–water partition coefficient (Wildman–Crippen LogP) is 2.58. The zero-order valence-corrected chi connectivity index (χ0v) is 12.4. The van der Waals surface area contributed by atoms with Crippen LogP contribution in [0.2, 0.25) is 0 Å². The van der Waals surface area contributed by atoms with Gasteiger partial charge in [-0.2, -0.15) is 0 Å². The number of carboxylic acid groups (broad SMARTS) is 1. The molecular weight excluding hydrogens is 244 g/mol. The summed E-state index contributed by atoms with van der Waals surface area (Å²) in [7, 11) is 0. The Morgan fingerprint density at radius 3 is 2.05 bits per heavy atom. The monoisotopic (exact) mass is 270 g/mol. The molecule has 0 rings (SSSR count). The molecule has 0 unspecified atom stereocenters. The average Bonchev–Trinajstić information content (AvgIpc) is 2.29. The first kappa shape index (κ1) is 17.5. The van der Waals surface area contributed by atoms with Crippen LogP contribution in [0.4, 0.5) is 4.79 Å². The molecule has 0 aromatic carbocycles. The first-order valence-corrected chi connectivity index (χ1v) is 6.71. The molecule has 5 heteroatoms. The molecule has 5 nitrogen and oxygen atoms in total. The lowest BCUT2D eigenvalue weighted by Crippen LogP contribution is -2.49. The van der Waals surface area contributed by atoms with Crippen LogP contribution in [0, 0.1) is 0 Å². The van der Waals surface area contributed by atoms with E-state index in [1.807, 2.05) is 27.7 Å². The van der Waals surface area contributed by atoms with Crippen molar-refractivity contribution in [2.24, 2.45) is 0 Å². The summed E-state index contributed by atoms with van der Waals surface area (Å²) in [5.74, 6) is -0.831. The van der Waals surface area contributed by atoms with Gasteiger partial charge >= 0.3 is 12.0 Å². The van der Waals surface area contributed by atoms with E-state index >= 15 is 0 Å². The first-order valence-electron chi connectivity index (χ1n) is 6.71. The number of rotatable bonds is 8. The van der Waals surface area contributed by atoms with E-state index in [1.54, 1.807) is 15.9 Å². The number of aliphatic carboxylic acids is 1. The average molecular weight is 270 g/mol. The van der Waals surface area contributed by atoms with Gasteiger partial charge in [0.1, 0.15) is 0 Å². The molecule has 0 aliphatic heterocycles. The van der Waals surface area contributed by atoms with Crippen LogP contribution < -0.4 is 0 Å². The molecule has 0 spiro atoms. The lowest BCUT2D eigenvalue weighted by molar-refractivity contribution is -0.137. The maximum Gasteiger partial charge on any atom is 0.320 e. The number of carbonyl (C=O) groups is 2. The number of hydrogen-bond donors (Lipinski definition) is 1. The van der Waals surface area contributed by atoms with E-state index in [0.29, 0.717) is 19.5 Å². The molecule has 0 aliphatic carbocycles. The van der Waals surface area contributed by atoms with Crippen LogP contribution in [0.25, 0.3) is 0 Å². The normalized spacial score (nSPS) is 10.6. The summed E-state index contributed by atoms with van der Waals surface area (Å²) in [5.41, 5.74) is 0. The number of carboxylic acids is 1. The quantitative estimate of drug-likeness (QED) is 0.690. The minimum absolute atomic E-state index is 0.0485. The van der Waals surface area contributed by atoms with Crippen molar-refractivity contribution in [3.63, 3.8) is 0 Å². The Hall–Kier alpha value is -1.52. The molecule has 0 saturated heterocycles. The minimum atomic E-state index is -0.831. The molecule has 0 saturated carbocycles. The molecule has 0 aromatic heterocycles. The van der Waals surface area contributed by atoms with Crippen molar-refractivity contribution in [2.75, 3.05) is 13.1 Å². The largest absolute Gasteiger partial charge is 0.481 e. The van der Waals surface area contributed by atoms with E-state index in [9.17, 15) is 9.59 Å². The lowest BCUT2D eigenvalue weighted by atomic mass is 10.2. The third-order valence-electron chi connectivity index (χ3n) is 2.85. The second-order valence-electron chi connectivity index (χ2n) is 5.10. The van der Waals surface area contributed by atoms with Crippen molar-refractivity contribution in [1.82, 2.24) is 9.80 Å². The van der Waals surface area contributed by atoms with Crippen molar-refractivity contribution in [2.45, 2.75) is 52.6 Å². The molecule has 110 valence electrons. The Balaban J connectivity index is 4.70. The number of hydrogen-bond acceptors (Lipinski definition) is 2. The van der Waals surface area contributed by atoms with E-state index in [4.69, 9.17) is 5.11 Å². The summed E-state index contributed by atoms with van der Waals surface area (Å²) < 4.78 is 0. The van der Waals surface area contributed by atoms with Crippen LogP contribution in [0.3, 0.4) is 0 Å². The fraction of sp³-hybridized carbons (Fsp3) is 0.714. The Morgan fingerprint density at radius 2 is 1.68 bits per heavy atom. The van der Waals surface area contributed by atoms with Crippen molar-refractivity contribution in [1.29, 1.82) is 0 Å². The van der Waals surface area contributed by atoms with Gasteiger partial charge in [-0.3, -0.25) is 4.79 Å². The number of nitrogens with zero attached hydrogens (tertiary/aromatic N) is 2. The lowest BCUT2D eigenvalue weighted by Gasteiger charge is -2.35. The van der Waals surface area contributed by atoms with Crippen LogP contribution in [-0.4, -0.2) is 52.1 Å². The van der Waals surface area contributed by atoms with E-state index in [-0.39, 0.29) is 24.5 Å². The van der Waals surface area contributed by atoms with E-state index < -0.39 is 5.97 Å². The molecule has 19 heavy (non-hydrogen) atoms. The maximum absolute atomic E-state index is 12.4. The fourth-order valence-corrected chi connectivity index (χ4v) is 1.79. The van der Waals surface area contributed by atoms with Gasteiger partial charge in [-0.05, 0) is 34.1 Å². The van der Waals surface area contributed by atoms with Crippen molar-refractivity contribution >= 4 is 12.0 Å². The molecule has 0 radical (unpaired) electrons. The Bertz CT molecular complexity index is 314. The third-order valence-corrected chi connectivity index (χ3v) is 2.85. The second kappa shape index (κ2) is 8.56. The molecule has 0 atom stereocenters. The van der Waals surface area contributed by atoms with Gasteiger partial charge in [0.25, 0.3) is 0 Å². The molecule has 0 aromatic rings. The molecule has 1 N–H and O–H groups in total. The molecule has 0 bridgehead atoms. The van der Waals surface area contributed by atoms with E-state index in [0.717, 1.165) is 0 Å². The smallest absolute Gasteiger partial charge is 0.320 e. The third kappa shape index (κ3) is 6.27. The highest BCUT2D eigenvalue weighted by Gasteiger charge is 2.24. The Morgan fingerprint density at radius 1 is 1.16 bits per heavy atom. The van der Waals surface area contributed by atoms with Crippen LogP contribution in [0.1, 0.15) is 40.5 Å². The summed E-state index contributed by atoms with van der Waals surface area (Å²) in [6, 6.07) is 0.0777. The number of urea groups is 1. The summed E-state index contributed by atoms with van der Waals surface area (Å²) in [5, 5.41) is 8.66. The number of carbonyl (C=O) groups excluding carboxylic acids is 1. The van der Waals surface area contributed by atoms with Crippen molar-refractivity contribution in [3.05, 3.63) is 12.7 Å². The van der Waals surface area contributed by atoms with Gasteiger partial charge < -0.3 is 14.9 Å². The molecule has 0 heterocycles. The van der Waals surface area contributed by atoms with Gasteiger partial charge in [-0.25, -0.2) is 4.79 Å². The zero-order valence-electron chi connectivity index (χ0n) is 12.4. The Labute approximate surface area is 115 Å². The topological polar surface area (TPSA) is 60.9 Å². The van der Waals surface area contributed by atoms with Gasteiger partial charge in [0.2, 0.25) is 0 Å². The fourth-order valence-electron chi connectivity index (χ4n) is 1.79. The van der Waals surface area contributed by atoms with Gasteiger partial charge in [0.05, 0.1) is 0 Å². The summed E-state index contributed by atoms with van der Waals surface area (Å²) in [6.07, 6.45) is 2.26. The maximum atomic E-state index is 12.4. The van der Waals surface area contributed by atoms with Gasteiger partial charge in [-0.15, -0.1) is 6.58 Å². The Kier molecular flexibility index (Phi) is 7.87. The molecule has 0 fully saturated rings. The van der Waals surface area contributed by atoms with E-state index in [1.165, 1.54) is 0 Å². The van der Waals surface area contributed by atoms with E-state index in [2.05, 4.69) is 6.58 Å². The van der Waals surface area contributed by atoms with Crippen LogP contribution in [-0.2, 0) is 4.79 Å². The van der Waals surface area contributed by atoms with Crippen LogP contribution in [0.5, 0.6) is 0 Å². The predicted molar refractivity (Wildman–Crippen MR) is 76.1 cm³/mol. The van der Waals surface area contributed by atoms with Crippen LogP contribution >= 0.6 is 0 Å². The highest BCUT2D eigenvalue weighted by molar-refractivity contribution is 5.75.